The van der Waals surface area contributed by atoms with Crippen molar-refractivity contribution in [2.75, 3.05) is 0 Å². The summed E-state index contributed by atoms with van der Waals surface area (Å²) in [5, 5.41) is 10.9. The molecule has 21 heavy (non-hydrogen) atoms. The molecular formula is C17H18N2OS. The lowest BCUT2D eigenvalue weighted by atomic mass is 10.0. The third-order valence-corrected chi connectivity index (χ3v) is 5.52. The van der Waals surface area contributed by atoms with E-state index < -0.39 is 6.10 Å². The van der Waals surface area contributed by atoms with E-state index in [0.29, 0.717) is 5.92 Å². The normalized spacial score (nSPS) is 16.5. The Kier molecular flexibility index (Phi) is 3.08. The van der Waals surface area contributed by atoms with Gasteiger partial charge in [0, 0.05) is 4.88 Å². The fraction of sp³-hybridized carbons (Fsp3) is 0.353. The molecule has 1 aliphatic rings. The molecular weight excluding hydrogens is 280 g/mol. The number of aromatic nitrogens is 2. The second kappa shape index (κ2) is 4.97. The largest absolute Gasteiger partial charge is 0.382 e. The summed E-state index contributed by atoms with van der Waals surface area (Å²) in [6.45, 7) is 2.14. The molecule has 108 valence electrons. The van der Waals surface area contributed by atoms with Gasteiger partial charge in [-0.2, -0.15) is 0 Å². The third kappa shape index (κ3) is 2.19. The average Bonchev–Trinajstić information content (AvgIpc) is 3.15. The first-order chi connectivity index (χ1) is 10.3. The summed E-state index contributed by atoms with van der Waals surface area (Å²) in [6.07, 6.45) is 6.63. The van der Waals surface area contributed by atoms with Crippen molar-refractivity contribution in [1.82, 2.24) is 9.38 Å². The van der Waals surface area contributed by atoms with Crippen molar-refractivity contribution in [3.8, 4) is 0 Å². The van der Waals surface area contributed by atoms with Crippen LogP contribution in [-0.4, -0.2) is 14.5 Å². The molecule has 1 saturated carbocycles. The Morgan fingerprint density at radius 1 is 1.33 bits per heavy atom. The third-order valence-electron chi connectivity index (χ3n) is 4.24. The maximum atomic E-state index is 10.9. The van der Waals surface area contributed by atoms with Crippen molar-refractivity contribution in [3.05, 3.63) is 58.5 Å². The van der Waals surface area contributed by atoms with Gasteiger partial charge in [0.1, 0.15) is 17.3 Å². The topological polar surface area (TPSA) is 37.5 Å². The fourth-order valence-electron chi connectivity index (χ4n) is 2.82. The van der Waals surface area contributed by atoms with Crippen molar-refractivity contribution >= 4 is 16.2 Å². The number of benzene rings is 1. The standard InChI is InChI=1S/C17H18N2OS/c1-2-11-3-5-12(6-4-11)16(20)15-17(13-7-8-13)21-14-9-18-10-19(14)15/h3-6,9-10,13,16,20H,2,7-8H2,1H3. The van der Waals surface area contributed by atoms with Gasteiger partial charge in [0.05, 0.1) is 11.9 Å². The number of hydrogen-bond donors (Lipinski definition) is 1. The molecule has 0 spiro atoms. The zero-order chi connectivity index (χ0) is 14.4. The molecule has 1 atom stereocenters. The average molecular weight is 298 g/mol. The van der Waals surface area contributed by atoms with E-state index in [0.717, 1.165) is 22.5 Å². The number of aliphatic hydroxyl groups excluding tert-OH is 1. The summed E-state index contributed by atoms with van der Waals surface area (Å²) in [6, 6.07) is 8.29. The minimum Gasteiger partial charge on any atom is -0.382 e. The van der Waals surface area contributed by atoms with Crippen LogP contribution < -0.4 is 0 Å². The Morgan fingerprint density at radius 3 is 2.76 bits per heavy atom. The Morgan fingerprint density at radius 2 is 2.10 bits per heavy atom. The number of aliphatic hydroxyl groups is 1. The predicted molar refractivity (Wildman–Crippen MR) is 84.9 cm³/mol. The molecule has 2 aromatic heterocycles. The first-order valence-corrected chi connectivity index (χ1v) is 8.31. The summed E-state index contributed by atoms with van der Waals surface area (Å²) in [7, 11) is 0. The molecule has 0 aliphatic heterocycles. The maximum absolute atomic E-state index is 10.9. The number of nitrogens with zero attached hydrogens (tertiary/aromatic N) is 2. The molecule has 0 bridgehead atoms. The fourth-order valence-corrected chi connectivity index (χ4v) is 4.12. The van der Waals surface area contributed by atoms with Crippen molar-refractivity contribution in [2.24, 2.45) is 0 Å². The van der Waals surface area contributed by atoms with Crippen LogP contribution in [0.2, 0.25) is 0 Å². The zero-order valence-electron chi connectivity index (χ0n) is 12.0. The lowest BCUT2D eigenvalue weighted by Gasteiger charge is -2.13. The van der Waals surface area contributed by atoms with Gasteiger partial charge in [-0.25, -0.2) is 4.98 Å². The van der Waals surface area contributed by atoms with Crippen LogP contribution in [0.1, 0.15) is 53.5 Å². The number of aryl methyl sites for hydroxylation is 1. The quantitative estimate of drug-likeness (QED) is 0.792. The van der Waals surface area contributed by atoms with E-state index in [4.69, 9.17) is 0 Å². The van der Waals surface area contributed by atoms with Crippen LogP contribution in [0.5, 0.6) is 0 Å². The van der Waals surface area contributed by atoms with Gasteiger partial charge in [-0.15, -0.1) is 11.3 Å². The van der Waals surface area contributed by atoms with Gasteiger partial charge in [0.25, 0.3) is 0 Å². The molecule has 1 aliphatic carbocycles. The highest BCUT2D eigenvalue weighted by Gasteiger charge is 2.32. The molecule has 2 heterocycles. The van der Waals surface area contributed by atoms with E-state index >= 15 is 0 Å². The SMILES string of the molecule is CCc1ccc(C(O)c2c(C3CC3)sc3cncn23)cc1. The molecule has 1 N–H and O–H groups in total. The minimum atomic E-state index is -0.575. The highest BCUT2D eigenvalue weighted by molar-refractivity contribution is 7.17. The second-order valence-corrected chi connectivity index (χ2v) is 6.79. The molecule has 0 radical (unpaired) electrons. The molecule has 3 nitrogen and oxygen atoms in total. The molecule has 4 heteroatoms. The number of thiazole rings is 1. The van der Waals surface area contributed by atoms with Gasteiger partial charge >= 0.3 is 0 Å². The van der Waals surface area contributed by atoms with E-state index in [1.54, 1.807) is 11.3 Å². The molecule has 3 aromatic rings. The zero-order valence-corrected chi connectivity index (χ0v) is 12.8. The highest BCUT2D eigenvalue weighted by Crippen LogP contribution is 2.47. The summed E-state index contributed by atoms with van der Waals surface area (Å²) in [5.74, 6) is 0.634. The van der Waals surface area contributed by atoms with E-state index in [2.05, 4.69) is 28.4 Å². The molecule has 1 fully saturated rings. The number of hydrogen-bond acceptors (Lipinski definition) is 3. The van der Waals surface area contributed by atoms with Crippen LogP contribution in [0.25, 0.3) is 4.83 Å². The van der Waals surface area contributed by atoms with Crippen LogP contribution in [0.4, 0.5) is 0 Å². The monoisotopic (exact) mass is 298 g/mol. The van der Waals surface area contributed by atoms with E-state index in [9.17, 15) is 5.11 Å². The Labute approximate surface area is 127 Å². The van der Waals surface area contributed by atoms with Gasteiger partial charge in [-0.05, 0) is 36.3 Å². The van der Waals surface area contributed by atoms with E-state index in [-0.39, 0.29) is 0 Å². The van der Waals surface area contributed by atoms with Gasteiger partial charge in [-0.3, -0.25) is 4.40 Å². The highest BCUT2D eigenvalue weighted by atomic mass is 32.1. The number of rotatable bonds is 4. The van der Waals surface area contributed by atoms with Crippen molar-refractivity contribution in [3.63, 3.8) is 0 Å². The van der Waals surface area contributed by atoms with Gasteiger partial charge in [-0.1, -0.05) is 31.2 Å². The maximum Gasteiger partial charge on any atom is 0.120 e. The second-order valence-electron chi connectivity index (χ2n) is 5.73. The lowest BCUT2D eigenvalue weighted by molar-refractivity contribution is 0.213. The van der Waals surface area contributed by atoms with Crippen LogP contribution in [-0.2, 0) is 6.42 Å². The van der Waals surface area contributed by atoms with Crippen LogP contribution >= 0.6 is 11.3 Å². The van der Waals surface area contributed by atoms with E-state index in [1.165, 1.54) is 23.3 Å². The predicted octanol–water partition coefficient (Wildman–Crippen LogP) is 3.92. The Balaban J connectivity index is 1.79. The lowest BCUT2D eigenvalue weighted by Crippen LogP contribution is -2.05. The first kappa shape index (κ1) is 13.0. The molecule has 1 aromatic carbocycles. The molecule has 0 amide bonds. The Bertz CT molecular complexity index is 768. The summed E-state index contributed by atoms with van der Waals surface area (Å²) in [5.41, 5.74) is 3.27. The Hall–Kier alpha value is -1.65. The van der Waals surface area contributed by atoms with Crippen molar-refractivity contribution in [1.29, 1.82) is 0 Å². The van der Waals surface area contributed by atoms with Crippen LogP contribution in [0.3, 0.4) is 0 Å². The number of imidazole rings is 1. The first-order valence-electron chi connectivity index (χ1n) is 7.49. The van der Waals surface area contributed by atoms with Gasteiger partial charge < -0.3 is 5.11 Å². The van der Waals surface area contributed by atoms with Gasteiger partial charge in [0.2, 0.25) is 0 Å². The van der Waals surface area contributed by atoms with E-state index in [1.807, 2.05) is 24.7 Å². The molecule has 1 unspecified atom stereocenters. The summed E-state index contributed by atoms with van der Waals surface area (Å²) in [4.78, 5) is 6.66. The van der Waals surface area contributed by atoms with Crippen LogP contribution in [0, 0.1) is 0 Å². The molecule has 0 saturated heterocycles. The smallest absolute Gasteiger partial charge is 0.120 e. The summed E-state index contributed by atoms with van der Waals surface area (Å²) >= 11 is 1.77. The minimum absolute atomic E-state index is 0.575. The number of fused-ring (bicyclic) bond motifs is 1. The molecule has 4 rings (SSSR count). The summed E-state index contributed by atoms with van der Waals surface area (Å²) < 4.78 is 2.05. The van der Waals surface area contributed by atoms with Crippen molar-refractivity contribution in [2.45, 2.75) is 38.2 Å². The van der Waals surface area contributed by atoms with Gasteiger partial charge in [0.15, 0.2) is 0 Å². The van der Waals surface area contributed by atoms with Crippen molar-refractivity contribution < 1.29 is 5.11 Å². The van der Waals surface area contributed by atoms with Crippen LogP contribution in [0.15, 0.2) is 36.8 Å².